The standard InChI is InChI=1S/C20H35N5O6/c1-5-11(4)16(19(29)23-13(20(30)31)9-14(21)26)25-18(28)15(10(2)3)24-17(27)12-7-6-8-22-12/h10-13,15-16,22H,5-9H2,1-4H3,(H2,21,26)(H,23,29)(H,24,27)(H,25,28)(H,30,31). The van der Waals surface area contributed by atoms with Gasteiger partial charge in [0, 0.05) is 0 Å². The van der Waals surface area contributed by atoms with Crippen LogP contribution in [0.4, 0.5) is 0 Å². The number of carbonyl (C=O) groups excluding carboxylic acids is 4. The molecule has 0 aromatic heterocycles. The second-order valence-electron chi connectivity index (χ2n) is 8.32. The van der Waals surface area contributed by atoms with E-state index in [-0.39, 0.29) is 23.8 Å². The van der Waals surface area contributed by atoms with E-state index in [2.05, 4.69) is 21.3 Å². The van der Waals surface area contributed by atoms with Crippen LogP contribution in [-0.2, 0) is 24.0 Å². The molecule has 5 atom stereocenters. The Labute approximate surface area is 182 Å². The van der Waals surface area contributed by atoms with Gasteiger partial charge in [-0.15, -0.1) is 0 Å². The third kappa shape index (κ3) is 8.16. The summed E-state index contributed by atoms with van der Waals surface area (Å²) in [5.74, 6) is -4.40. The second-order valence-corrected chi connectivity index (χ2v) is 8.32. The molecule has 0 radical (unpaired) electrons. The molecular formula is C20H35N5O6. The summed E-state index contributed by atoms with van der Waals surface area (Å²) < 4.78 is 0. The first-order chi connectivity index (χ1) is 14.5. The molecule has 5 unspecified atom stereocenters. The number of rotatable bonds is 12. The third-order valence-electron chi connectivity index (χ3n) is 5.44. The highest BCUT2D eigenvalue weighted by Crippen LogP contribution is 2.12. The highest BCUT2D eigenvalue weighted by Gasteiger charge is 2.34. The molecular weight excluding hydrogens is 406 g/mol. The molecule has 11 heteroatoms. The summed E-state index contributed by atoms with van der Waals surface area (Å²) >= 11 is 0. The van der Waals surface area contributed by atoms with E-state index in [1.165, 1.54) is 0 Å². The van der Waals surface area contributed by atoms with Crippen LogP contribution in [0.1, 0.15) is 53.4 Å². The van der Waals surface area contributed by atoms with E-state index in [4.69, 9.17) is 5.73 Å². The van der Waals surface area contributed by atoms with Crippen molar-refractivity contribution in [2.75, 3.05) is 6.54 Å². The summed E-state index contributed by atoms with van der Waals surface area (Å²) in [5, 5.41) is 20.0. The molecule has 1 fully saturated rings. The van der Waals surface area contributed by atoms with Crippen LogP contribution in [0.15, 0.2) is 0 Å². The number of carbonyl (C=O) groups is 5. The quantitative estimate of drug-likeness (QED) is 0.221. The lowest BCUT2D eigenvalue weighted by atomic mass is 9.96. The minimum atomic E-state index is -1.50. The number of carboxylic acid groups (broad SMARTS) is 1. The molecule has 0 spiro atoms. The molecule has 11 nitrogen and oxygen atoms in total. The van der Waals surface area contributed by atoms with Crippen LogP contribution in [0.2, 0.25) is 0 Å². The number of nitrogens with one attached hydrogen (secondary N) is 4. The van der Waals surface area contributed by atoms with Crippen molar-refractivity contribution in [3.63, 3.8) is 0 Å². The second kappa shape index (κ2) is 12.2. The summed E-state index contributed by atoms with van der Waals surface area (Å²) in [6.07, 6.45) is 1.52. The van der Waals surface area contributed by atoms with E-state index in [1.807, 2.05) is 6.92 Å². The Morgan fingerprint density at radius 2 is 1.65 bits per heavy atom. The molecule has 0 aliphatic carbocycles. The van der Waals surface area contributed by atoms with Crippen molar-refractivity contribution in [1.82, 2.24) is 21.3 Å². The third-order valence-corrected chi connectivity index (χ3v) is 5.44. The number of primary amides is 1. The van der Waals surface area contributed by atoms with E-state index >= 15 is 0 Å². The van der Waals surface area contributed by atoms with Gasteiger partial charge in [0.1, 0.15) is 18.1 Å². The van der Waals surface area contributed by atoms with Gasteiger partial charge in [0.05, 0.1) is 12.5 Å². The predicted molar refractivity (Wildman–Crippen MR) is 113 cm³/mol. The van der Waals surface area contributed by atoms with Gasteiger partial charge >= 0.3 is 5.97 Å². The van der Waals surface area contributed by atoms with E-state index in [0.717, 1.165) is 13.0 Å². The number of aliphatic carboxylic acids is 1. The van der Waals surface area contributed by atoms with Gasteiger partial charge in [0.2, 0.25) is 23.6 Å². The number of nitrogens with two attached hydrogens (primary N) is 1. The SMILES string of the molecule is CCC(C)C(NC(=O)C(NC(=O)C1CCCN1)C(C)C)C(=O)NC(CC(N)=O)C(=O)O. The Balaban J connectivity index is 2.92. The molecule has 0 bridgehead atoms. The normalized spacial score (nSPS) is 19.7. The fourth-order valence-corrected chi connectivity index (χ4v) is 3.30. The molecule has 1 aliphatic rings. The van der Waals surface area contributed by atoms with Gasteiger partial charge in [-0.05, 0) is 31.2 Å². The molecule has 1 rings (SSSR count). The molecule has 0 saturated carbocycles. The number of hydrogen-bond acceptors (Lipinski definition) is 6. The van der Waals surface area contributed by atoms with Gasteiger partial charge in [0.25, 0.3) is 0 Å². The van der Waals surface area contributed by atoms with Crippen molar-refractivity contribution in [1.29, 1.82) is 0 Å². The van der Waals surface area contributed by atoms with Gasteiger partial charge in [-0.2, -0.15) is 0 Å². The van der Waals surface area contributed by atoms with Crippen molar-refractivity contribution in [3.05, 3.63) is 0 Å². The van der Waals surface area contributed by atoms with Gasteiger partial charge in [-0.1, -0.05) is 34.1 Å². The molecule has 1 heterocycles. The molecule has 1 aliphatic heterocycles. The molecule has 0 aromatic carbocycles. The van der Waals surface area contributed by atoms with Crippen molar-refractivity contribution in [2.45, 2.75) is 77.5 Å². The van der Waals surface area contributed by atoms with Gasteiger partial charge in [-0.3, -0.25) is 19.2 Å². The summed E-state index contributed by atoms with van der Waals surface area (Å²) in [6.45, 7) is 7.85. The fraction of sp³-hybridized carbons (Fsp3) is 0.750. The fourth-order valence-electron chi connectivity index (χ4n) is 3.30. The Morgan fingerprint density at radius 3 is 2.10 bits per heavy atom. The van der Waals surface area contributed by atoms with Crippen molar-refractivity contribution < 1.29 is 29.1 Å². The Bertz CT molecular complexity index is 677. The smallest absolute Gasteiger partial charge is 0.326 e. The highest BCUT2D eigenvalue weighted by molar-refractivity contribution is 5.95. The van der Waals surface area contributed by atoms with E-state index < -0.39 is 48.2 Å². The Hall–Kier alpha value is -2.69. The average molecular weight is 442 g/mol. The van der Waals surface area contributed by atoms with Crippen LogP contribution < -0.4 is 27.0 Å². The largest absolute Gasteiger partial charge is 0.480 e. The number of hydrogen-bond donors (Lipinski definition) is 6. The van der Waals surface area contributed by atoms with Gasteiger partial charge < -0.3 is 32.1 Å². The lowest BCUT2D eigenvalue weighted by molar-refractivity contribution is -0.144. The zero-order valence-electron chi connectivity index (χ0n) is 18.6. The molecule has 7 N–H and O–H groups in total. The average Bonchev–Trinajstić information content (AvgIpc) is 3.22. The molecule has 1 saturated heterocycles. The van der Waals surface area contributed by atoms with E-state index in [9.17, 15) is 29.1 Å². The molecule has 4 amide bonds. The van der Waals surface area contributed by atoms with Crippen LogP contribution in [0.25, 0.3) is 0 Å². The van der Waals surface area contributed by atoms with Gasteiger partial charge in [-0.25, -0.2) is 4.79 Å². The zero-order valence-corrected chi connectivity index (χ0v) is 18.6. The van der Waals surface area contributed by atoms with Crippen LogP contribution in [-0.4, -0.2) is 65.4 Å². The first-order valence-corrected chi connectivity index (χ1v) is 10.6. The monoisotopic (exact) mass is 441 g/mol. The number of carboxylic acids is 1. The predicted octanol–water partition coefficient (Wildman–Crippen LogP) is -1.15. The van der Waals surface area contributed by atoms with E-state index in [1.54, 1.807) is 20.8 Å². The Morgan fingerprint density at radius 1 is 1.03 bits per heavy atom. The zero-order chi connectivity index (χ0) is 23.7. The molecule has 0 aromatic rings. The Kier molecular flexibility index (Phi) is 10.4. The maximum absolute atomic E-state index is 13.0. The van der Waals surface area contributed by atoms with Crippen LogP contribution in [0.5, 0.6) is 0 Å². The maximum Gasteiger partial charge on any atom is 0.326 e. The first kappa shape index (κ1) is 26.3. The van der Waals surface area contributed by atoms with Crippen molar-refractivity contribution in [2.24, 2.45) is 17.6 Å². The van der Waals surface area contributed by atoms with Crippen molar-refractivity contribution in [3.8, 4) is 0 Å². The highest BCUT2D eigenvalue weighted by atomic mass is 16.4. The van der Waals surface area contributed by atoms with E-state index in [0.29, 0.717) is 12.8 Å². The van der Waals surface area contributed by atoms with Gasteiger partial charge in [0.15, 0.2) is 0 Å². The minimum absolute atomic E-state index is 0.243. The van der Waals surface area contributed by atoms with Crippen LogP contribution in [0.3, 0.4) is 0 Å². The molecule has 31 heavy (non-hydrogen) atoms. The topological polar surface area (TPSA) is 180 Å². The summed E-state index contributed by atoms with van der Waals surface area (Å²) in [7, 11) is 0. The lowest BCUT2D eigenvalue weighted by Gasteiger charge is -2.29. The summed E-state index contributed by atoms with van der Waals surface area (Å²) in [4.78, 5) is 60.6. The molecule has 176 valence electrons. The van der Waals surface area contributed by atoms with Crippen LogP contribution in [0, 0.1) is 11.8 Å². The maximum atomic E-state index is 13.0. The summed E-state index contributed by atoms with van der Waals surface area (Å²) in [6, 6.07) is -3.76. The summed E-state index contributed by atoms with van der Waals surface area (Å²) in [5.41, 5.74) is 5.05. The minimum Gasteiger partial charge on any atom is -0.480 e. The lowest BCUT2D eigenvalue weighted by Crippen LogP contribution is -2.59. The first-order valence-electron chi connectivity index (χ1n) is 10.6. The van der Waals surface area contributed by atoms with Crippen molar-refractivity contribution >= 4 is 29.6 Å². The number of amides is 4. The van der Waals surface area contributed by atoms with Crippen LogP contribution >= 0.6 is 0 Å².